The van der Waals surface area contributed by atoms with Crippen molar-refractivity contribution in [2.24, 2.45) is 15.7 Å². The number of ether oxygens (including phenoxy) is 1. The molecular formula is C11H14Cl2N4O. The van der Waals surface area contributed by atoms with Crippen molar-refractivity contribution >= 4 is 35.4 Å². The lowest BCUT2D eigenvalue weighted by molar-refractivity contribution is -0.0300. The predicted molar refractivity (Wildman–Crippen MR) is 73.4 cm³/mol. The largest absolute Gasteiger partial charge is 0.388 e. The Balaban J connectivity index is 2.28. The summed E-state index contributed by atoms with van der Waals surface area (Å²) in [5.74, 6) is 0.481. The van der Waals surface area contributed by atoms with Crippen LogP contribution < -0.4 is 5.73 Å². The number of amidine groups is 1. The molecule has 0 saturated carbocycles. The SMILES string of the molecule is C=C(Cl)/N=C1\C(=C(/N)Cl)N=CN1C1CCCCO1. The Morgan fingerprint density at radius 3 is 2.89 bits per heavy atom. The molecule has 2 heterocycles. The molecule has 2 rings (SSSR count). The van der Waals surface area contributed by atoms with Gasteiger partial charge in [0.15, 0.2) is 5.84 Å². The molecule has 7 heteroatoms. The minimum Gasteiger partial charge on any atom is -0.388 e. The third-order valence-corrected chi connectivity index (χ3v) is 2.95. The topological polar surface area (TPSA) is 63.2 Å². The fourth-order valence-electron chi connectivity index (χ4n) is 1.90. The smallest absolute Gasteiger partial charge is 0.166 e. The van der Waals surface area contributed by atoms with Gasteiger partial charge in [0.05, 0.1) is 6.34 Å². The van der Waals surface area contributed by atoms with Crippen LogP contribution in [0.3, 0.4) is 0 Å². The Hall–Kier alpha value is -1.04. The van der Waals surface area contributed by atoms with Crippen LogP contribution in [-0.4, -0.2) is 29.9 Å². The van der Waals surface area contributed by atoms with Crippen molar-refractivity contribution in [3.63, 3.8) is 0 Å². The number of nitrogens with zero attached hydrogens (tertiary/aromatic N) is 3. The summed E-state index contributed by atoms with van der Waals surface area (Å²) in [7, 11) is 0. The third-order valence-electron chi connectivity index (χ3n) is 2.69. The van der Waals surface area contributed by atoms with Crippen LogP contribution in [0.1, 0.15) is 19.3 Å². The Morgan fingerprint density at radius 2 is 2.33 bits per heavy atom. The number of hydrogen-bond donors (Lipinski definition) is 1. The summed E-state index contributed by atoms with van der Waals surface area (Å²) in [6.45, 7) is 4.26. The maximum atomic E-state index is 5.79. The van der Waals surface area contributed by atoms with Gasteiger partial charge in [0, 0.05) is 6.61 Å². The average molecular weight is 289 g/mol. The van der Waals surface area contributed by atoms with E-state index in [4.69, 9.17) is 33.7 Å². The summed E-state index contributed by atoms with van der Waals surface area (Å²) < 4.78 is 5.68. The van der Waals surface area contributed by atoms with E-state index < -0.39 is 0 Å². The summed E-state index contributed by atoms with van der Waals surface area (Å²) in [6.07, 6.45) is 4.57. The van der Waals surface area contributed by atoms with Gasteiger partial charge in [0.1, 0.15) is 22.2 Å². The molecule has 0 aromatic heterocycles. The normalized spacial score (nSPS) is 28.9. The zero-order valence-electron chi connectivity index (χ0n) is 9.77. The molecule has 0 amide bonds. The van der Waals surface area contributed by atoms with Crippen LogP contribution in [0.4, 0.5) is 0 Å². The van der Waals surface area contributed by atoms with Crippen LogP contribution in [0.15, 0.2) is 32.6 Å². The van der Waals surface area contributed by atoms with E-state index in [0.717, 1.165) is 25.9 Å². The molecule has 0 bridgehead atoms. The Labute approximate surface area is 116 Å². The van der Waals surface area contributed by atoms with Gasteiger partial charge in [0.2, 0.25) is 0 Å². The van der Waals surface area contributed by atoms with E-state index in [2.05, 4.69) is 16.6 Å². The van der Waals surface area contributed by atoms with E-state index in [1.54, 1.807) is 11.2 Å². The number of nitrogens with two attached hydrogens (primary N) is 1. The summed E-state index contributed by atoms with van der Waals surface area (Å²) in [5, 5.41) is 0.216. The lowest BCUT2D eigenvalue weighted by Crippen LogP contribution is -2.40. The molecule has 2 N–H and O–H groups in total. The monoisotopic (exact) mass is 288 g/mol. The van der Waals surface area contributed by atoms with E-state index in [9.17, 15) is 0 Å². The molecule has 2 aliphatic heterocycles. The van der Waals surface area contributed by atoms with Crippen LogP contribution in [-0.2, 0) is 4.74 Å². The maximum absolute atomic E-state index is 5.79. The average Bonchev–Trinajstić information content (AvgIpc) is 2.73. The molecule has 0 radical (unpaired) electrons. The van der Waals surface area contributed by atoms with Gasteiger partial charge in [-0.25, -0.2) is 9.98 Å². The molecule has 0 spiro atoms. The van der Waals surface area contributed by atoms with E-state index in [-0.39, 0.29) is 16.5 Å². The highest BCUT2D eigenvalue weighted by atomic mass is 35.5. The van der Waals surface area contributed by atoms with Crippen molar-refractivity contribution in [2.45, 2.75) is 25.5 Å². The zero-order chi connectivity index (χ0) is 13.1. The van der Waals surface area contributed by atoms with Gasteiger partial charge in [-0.2, -0.15) is 0 Å². The van der Waals surface area contributed by atoms with Gasteiger partial charge in [-0.15, -0.1) is 0 Å². The lowest BCUT2D eigenvalue weighted by Gasteiger charge is -2.30. The highest BCUT2D eigenvalue weighted by Crippen LogP contribution is 2.24. The van der Waals surface area contributed by atoms with E-state index in [1.807, 2.05) is 0 Å². The standard InChI is InChI=1S/C11H14Cl2N4O/c1-7(12)16-11-9(10(13)14)15-6-17(11)8-4-2-3-5-18-8/h6,8H,1-5,14H2/b10-9+,16-11+. The van der Waals surface area contributed by atoms with Gasteiger partial charge in [-0.05, 0) is 19.3 Å². The second-order valence-corrected chi connectivity index (χ2v) is 4.82. The Bertz CT molecular complexity index is 434. The molecule has 98 valence electrons. The number of hydrogen-bond acceptors (Lipinski definition) is 4. The molecule has 5 nitrogen and oxygen atoms in total. The van der Waals surface area contributed by atoms with Crippen LogP contribution >= 0.6 is 23.2 Å². The lowest BCUT2D eigenvalue weighted by atomic mass is 10.1. The Kier molecular flexibility index (Phi) is 4.27. The van der Waals surface area contributed by atoms with Gasteiger partial charge in [0.25, 0.3) is 0 Å². The highest BCUT2D eigenvalue weighted by molar-refractivity contribution is 6.33. The first-order chi connectivity index (χ1) is 8.59. The predicted octanol–water partition coefficient (Wildman–Crippen LogP) is 2.33. The first-order valence-corrected chi connectivity index (χ1v) is 6.38. The first kappa shape index (κ1) is 13.4. The second kappa shape index (κ2) is 5.73. The van der Waals surface area contributed by atoms with Crippen molar-refractivity contribution in [1.29, 1.82) is 0 Å². The minimum absolute atomic E-state index is 0.0706. The van der Waals surface area contributed by atoms with E-state index in [1.165, 1.54) is 0 Å². The fraction of sp³-hybridized carbons (Fsp3) is 0.455. The second-order valence-electron chi connectivity index (χ2n) is 3.98. The zero-order valence-corrected chi connectivity index (χ0v) is 11.3. The molecular weight excluding hydrogens is 275 g/mol. The van der Waals surface area contributed by atoms with Crippen LogP contribution in [0.2, 0.25) is 0 Å². The molecule has 1 saturated heterocycles. The summed E-state index contributed by atoms with van der Waals surface area (Å²) in [5.41, 5.74) is 5.96. The van der Waals surface area contributed by atoms with Gasteiger partial charge >= 0.3 is 0 Å². The van der Waals surface area contributed by atoms with Gasteiger partial charge < -0.3 is 10.5 Å². The van der Waals surface area contributed by atoms with Crippen molar-refractivity contribution in [2.75, 3.05) is 6.61 Å². The minimum atomic E-state index is -0.106. The van der Waals surface area contributed by atoms with Crippen molar-refractivity contribution in [1.82, 2.24) is 4.90 Å². The summed E-state index contributed by atoms with van der Waals surface area (Å²) in [4.78, 5) is 10.1. The molecule has 0 aliphatic carbocycles. The summed E-state index contributed by atoms with van der Waals surface area (Å²) in [6, 6.07) is 0. The highest BCUT2D eigenvalue weighted by Gasteiger charge is 2.30. The third kappa shape index (κ3) is 2.85. The molecule has 0 aromatic rings. The maximum Gasteiger partial charge on any atom is 0.166 e. The van der Waals surface area contributed by atoms with Crippen LogP contribution in [0, 0.1) is 0 Å². The molecule has 1 atom stereocenters. The van der Waals surface area contributed by atoms with Crippen molar-refractivity contribution in [3.8, 4) is 0 Å². The molecule has 0 aromatic carbocycles. The van der Waals surface area contributed by atoms with E-state index in [0.29, 0.717) is 11.5 Å². The molecule has 2 aliphatic rings. The van der Waals surface area contributed by atoms with Crippen LogP contribution in [0.25, 0.3) is 0 Å². The van der Waals surface area contributed by atoms with Gasteiger partial charge in [-0.3, -0.25) is 4.90 Å². The molecule has 1 unspecified atom stereocenters. The number of halogens is 2. The molecule has 18 heavy (non-hydrogen) atoms. The number of rotatable bonds is 2. The van der Waals surface area contributed by atoms with E-state index >= 15 is 0 Å². The van der Waals surface area contributed by atoms with Crippen molar-refractivity contribution < 1.29 is 4.74 Å². The molecule has 1 fully saturated rings. The summed E-state index contributed by atoms with van der Waals surface area (Å²) >= 11 is 11.5. The Morgan fingerprint density at radius 1 is 1.56 bits per heavy atom. The fourth-order valence-corrected chi connectivity index (χ4v) is 2.12. The van der Waals surface area contributed by atoms with Crippen LogP contribution in [0.5, 0.6) is 0 Å². The van der Waals surface area contributed by atoms with Crippen molar-refractivity contribution in [3.05, 3.63) is 22.6 Å². The van der Waals surface area contributed by atoms with Gasteiger partial charge in [-0.1, -0.05) is 29.8 Å². The quantitative estimate of drug-likeness (QED) is 0.793. The first-order valence-electron chi connectivity index (χ1n) is 5.62. The number of aliphatic imine (C=N–C) groups is 2.